The normalized spacial score (nSPS) is 12.7. The SMILES string of the molecule is CC(C)(C)[Si](C)(C)OCCCc1ccc(C=O)o1. The molecule has 0 fully saturated rings. The molecule has 1 heterocycles. The fourth-order valence-corrected chi connectivity index (χ4v) is 2.47. The van der Waals surface area contributed by atoms with Gasteiger partial charge in [0.1, 0.15) is 5.76 Å². The van der Waals surface area contributed by atoms with Crippen LogP contribution in [0.3, 0.4) is 0 Å². The van der Waals surface area contributed by atoms with Crippen molar-refractivity contribution in [2.75, 3.05) is 6.61 Å². The summed E-state index contributed by atoms with van der Waals surface area (Å²) in [7, 11) is -1.63. The minimum atomic E-state index is -1.63. The predicted molar refractivity (Wildman–Crippen MR) is 75.6 cm³/mol. The summed E-state index contributed by atoms with van der Waals surface area (Å²) in [5, 5.41) is 0.252. The standard InChI is InChI=1S/C14H24O3Si/c1-14(2,3)18(4,5)16-10-6-7-12-8-9-13(11-15)17-12/h8-9,11H,6-7,10H2,1-5H3. The number of rotatable bonds is 6. The predicted octanol–water partition coefficient (Wildman–Crippen LogP) is 4.05. The van der Waals surface area contributed by atoms with E-state index in [9.17, 15) is 4.79 Å². The van der Waals surface area contributed by atoms with Gasteiger partial charge in [-0.15, -0.1) is 0 Å². The van der Waals surface area contributed by atoms with Gasteiger partial charge in [0, 0.05) is 13.0 Å². The first kappa shape index (κ1) is 15.2. The van der Waals surface area contributed by atoms with Gasteiger partial charge in [-0.25, -0.2) is 0 Å². The molecule has 0 atom stereocenters. The summed E-state index contributed by atoms with van der Waals surface area (Å²) >= 11 is 0. The second kappa shape index (κ2) is 5.84. The van der Waals surface area contributed by atoms with E-state index in [1.807, 2.05) is 6.07 Å². The van der Waals surface area contributed by atoms with E-state index in [2.05, 4.69) is 33.9 Å². The lowest BCUT2D eigenvalue weighted by Gasteiger charge is -2.36. The highest BCUT2D eigenvalue weighted by Crippen LogP contribution is 2.36. The molecule has 0 aromatic carbocycles. The molecule has 0 spiro atoms. The molecule has 0 aliphatic heterocycles. The quantitative estimate of drug-likeness (QED) is 0.444. The Kier molecular flexibility index (Phi) is 4.93. The van der Waals surface area contributed by atoms with Crippen molar-refractivity contribution >= 4 is 14.6 Å². The van der Waals surface area contributed by atoms with Gasteiger partial charge < -0.3 is 8.84 Å². The summed E-state index contributed by atoms with van der Waals surface area (Å²) < 4.78 is 11.4. The Morgan fingerprint density at radius 1 is 1.33 bits per heavy atom. The van der Waals surface area contributed by atoms with E-state index in [1.54, 1.807) is 6.07 Å². The Balaban J connectivity index is 2.33. The third-order valence-corrected chi connectivity index (χ3v) is 8.17. The van der Waals surface area contributed by atoms with E-state index in [0.717, 1.165) is 31.5 Å². The Bertz CT molecular complexity index is 388. The van der Waals surface area contributed by atoms with Crippen LogP contribution >= 0.6 is 0 Å². The topological polar surface area (TPSA) is 39.4 Å². The van der Waals surface area contributed by atoms with Gasteiger partial charge in [-0.1, -0.05) is 20.8 Å². The average Bonchev–Trinajstić information content (AvgIpc) is 2.70. The van der Waals surface area contributed by atoms with Crippen molar-refractivity contribution in [1.29, 1.82) is 0 Å². The minimum Gasteiger partial charge on any atom is -0.458 e. The molecule has 0 saturated carbocycles. The Hall–Kier alpha value is -0.873. The summed E-state index contributed by atoms with van der Waals surface area (Å²) in [4.78, 5) is 10.5. The Morgan fingerprint density at radius 2 is 2.00 bits per heavy atom. The first-order valence-corrected chi connectivity index (χ1v) is 9.35. The van der Waals surface area contributed by atoms with Crippen LogP contribution in [0.4, 0.5) is 0 Å². The third kappa shape index (κ3) is 4.10. The number of hydrogen-bond donors (Lipinski definition) is 0. The zero-order valence-corrected chi connectivity index (χ0v) is 13.1. The van der Waals surface area contributed by atoms with E-state index in [4.69, 9.17) is 8.84 Å². The molecule has 0 N–H and O–H groups in total. The van der Waals surface area contributed by atoms with Crippen LogP contribution < -0.4 is 0 Å². The molecule has 0 radical (unpaired) electrons. The lowest BCUT2D eigenvalue weighted by Crippen LogP contribution is -2.41. The van der Waals surface area contributed by atoms with Crippen molar-refractivity contribution in [3.8, 4) is 0 Å². The molecular formula is C14H24O3Si. The van der Waals surface area contributed by atoms with E-state index in [1.165, 1.54) is 0 Å². The number of carbonyl (C=O) groups excluding carboxylic acids is 1. The molecule has 1 rings (SSSR count). The second-order valence-corrected chi connectivity index (χ2v) is 10.9. The molecule has 1 aromatic rings. The molecule has 1 aromatic heterocycles. The summed E-state index contributed by atoms with van der Waals surface area (Å²) in [6, 6.07) is 3.56. The molecule has 0 amide bonds. The molecule has 0 aliphatic rings. The molecular weight excluding hydrogens is 244 g/mol. The van der Waals surface area contributed by atoms with Gasteiger partial charge >= 0.3 is 0 Å². The Morgan fingerprint density at radius 3 is 2.50 bits per heavy atom. The largest absolute Gasteiger partial charge is 0.458 e. The maximum Gasteiger partial charge on any atom is 0.191 e. The van der Waals surface area contributed by atoms with Crippen LogP contribution in [0.15, 0.2) is 16.5 Å². The number of aldehydes is 1. The number of carbonyl (C=O) groups is 1. The van der Waals surface area contributed by atoms with Crippen molar-refractivity contribution < 1.29 is 13.6 Å². The minimum absolute atomic E-state index is 0.252. The number of furan rings is 1. The molecule has 3 nitrogen and oxygen atoms in total. The van der Waals surface area contributed by atoms with Crippen molar-refractivity contribution in [2.45, 2.75) is 51.7 Å². The first-order valence-electron chi connectivity index (χ1n) is 6.44. The summed E-state index contributed by atoms with van der Waals surface area (Å²) in [6.45, 7) is 12.0. The maximum atomic E-state index is 10.5. The van der Waals surface area contributed by atoms with Crippen molar-refractivity contribution in [3.05, 3.63) is 23.7 Å². The van der Waals surface area contributed by atoms with E-state index in [-0.39, 0.29) is 5.04 Å². The number of aryl methyl sites for hydroxylation is 1. The molecule has 0 bridgehead atoms. The molecule has 0 saturated heterocycles. The fourth-order valence-electron chi connectivity index (χ4n) is 1.38. The van der Waals surface area contributed by atoms with Gasteiger partial charge in [-0.05, 0) is 36.7 Å². The molecule has 18 heavy (non-hydrogen) atoms. The van der Waals surface area contributed by atoms with Crippen LogP contribution in [0.5, 0.6) is 0 Å². The lowest BCUT2D eigenvalue weighted by atomic mass is 10.2. The lowest BCUT2D eigenvalue weighted by molar-refractivity contribution is 0.109. The van der Waals surface area contributed by atoms with Crippen molar-refractivity contribution in [1.82, 2.24) is 0 Å². The van der Waals surface area contributed by atoms with E-state index < -0.39 is 8.32 Å². The van der Waals surface area contributed by atoms with Crippen LogP contribution in [0.25, 0.3) is 0 Å². The van der Waals surface area contributed by atoms with Gasteiger partial charge in [-0.2, -0.15) is 0 Å². The highest BCUT2D eigenvalue weighted by Gasteiger charge is 2.36. The molecule has 0 aliphatic carbocycles. The van der Waals surface area contributed by atoms with Crippen LogP contribution in [0.2, 0.25) is 18.1 Å². The summed E-state index contributed by atoms with van der Waals surface area (Å²) in [6.07, 6.45) is 2.48. The molecule has 102 valence electrons. The highest BCUT2D eigenvalue weighted by molar-refractivity contribution is 6.74. The highest BCUT2D eigenvalue weighted by atomic mass is 28.4. The van der Waals surface area contributed by atoms with Crippen LogP contribution in [-0.2, 0) is 10.8 Å². The van der Waals surface area contributed by atoms with Crippen LogP contribution in [0.1, 0.15) is 43.5 Å². The van der Waals surface area contributed by atoms with E-state index >= 15 is 0 Å². The van der Waals surface area contributed by atoms with Gasteiger partial charge in [0.15, 0.2) is 20.4 Å². The average molecular weight is 268 g/mol. The van der Waals surface area contributed by atoms with Gasteiger partial charge in [0.25, 0.3) is 0 Å². The molecule has 4 heteroatoms. The second-order valence-electron chi connectivity index (χ2n) is 6.13. The van der Waals surface area contributed by atoms with E-state index in [0.29, 0.717) is 5.76 Å². The Labute approximate surface area is 111 Å². The van der Waals surface area contributed by atoms with Crippen LogP contribution in [-0.4, -0.2) is 21.2 Å². The smallest absolute Gasteiger partial charge is 0.191 e. The number of hydrogen-bond acceptors (Lipinski definition) is 3. The van der Waals surface area contributed by atoms with Crippen molar-refractivity contribution in [3.63, 3.8) is 0 Å². The van der Waals surface area contributed by atoms with Crippen LogP contribution in [0, 0.1) is 0 Å². The monoisotopic (exact) mass is 268 g/mol. The summed E-state index contributed by atoms with van der Waals surface area (Å²) in [5.74, 6) is 1.26. The third-order valence-electron chi connectivity index (χ3n) is 3.64. The fraction of sp³-hybridized carbons (Fsp3) is 0.643. The zero-order valence-electron chi connectivity index (χ0n) is 12.1. The van der Waals surface area contributed by atoms with Crippen molar-refractivity contribution in [2.24, 2.45) is 0 Å². The maximum absolute atomic E-state index is 10.5. The zero-order chi connectivity index (χ0) is 13.8. The summed E-state index contributed by atoms with van der Waals surface area (Å²) in [5.41, 5.74) is 0. The molecule has 0 unspecified atom stereocenters. The first-order chi connectivity index (χ1) is 8.26. The van der Waals surface area contributed by atoms with Gasteiger partial charge in [-0.3, -0.25) is 4.79 Å². The van der Waals surface area contributed by atoms with Gasteiger partial charge in [0.2, 0.25) is 0 Å². The van der Waals surface area contributed by atoms with Gasteiger partial charge in [0.05, 0.1) is 0 Å².